The second-order valence-corrected chi connectivity index (χ2v) is 6.10. The van der Waals surface area contributed by atoms with Gasteiger partial charge in [-0.1, -0.05) is 12.1 Å². The number of benzene rings is 1. The normalized spacial score (nSPS) is 15.4. The standard InChI is InChI=1S/C18H22N2O4/c1-13-6-5-7-15(14(13)2)23-11-17(22)24-10-16(21)20-18(12-19)8-3-4-9-18/h5-7H,3-4,8-11H2,1-2H3,(H,20,21). The lowest BCUT2D eigenvalue weighted by atomic mass is 10.00. The van der Waals surface area contributed by atoms with Crippen LogP contribution in [-0.4, -0.2) is 30.6 Å². The summed E-state index contributed by atoms with van der Waals surface area (Å²) in [6, 6.07) is 7.74. The number of carbonyl (C=O) groups is 2. The highest BCUT2D eigenvalue weighted by Gasteiger charge is 2.35. The van der Waals surface area contributed by atoms with Gasteiger partial charge in [-0.3, -0.25) is 4.79 Å². The lowest BCUT2D eigenvalue weighted by molar-refractivity contribution is -0.150. The minimum atomic E-state index is -0.807. The third-order valence-electron chi connectivity index (χ3n) is 4.31. The van der Waals surface area contributed by atoms with Crippen molar-refractivity contribution >= 4 is 11.9 Å². The van der Waals surface area contributed by atoms with Crippen molar-refractivity contribution in [2.45, 2.75) is 45.1 Å². The predicted molar refractivity (Wildman–Crippen MR) is 87.3 cm³/mol. The first-order chi connectivity index (χ1) is 11.5. The van der Waals surface area contributed by atoms with E-state index in [9.17, 15) is 14.9 Å². The minimum Gasteiger partial charge on any atom is -0.482 e. The fourth-order valence-electron chi connectivity index (χ4n) is 2.75. The predicted octanol–water partition coefficient (Wildman–Crippen LogP) is 2.18. The lowest BCUT2D eigenvalue weighted by Crippen LogP contribution is -2.46. The highest BCUT2D eigenvalue weighted by atomic mass is 16.6. The quantitative estimate of drug-likeness (QED) is 0.808. The number of rotatable bonds is 6. The third kappa shape index (κ3) is 4.48. The van der Waals surface area contributed by atoms with Crippen LogP contribution in [0, 0.1) is 25.2 Å². The zero-order valence-corrected chi connectivity index (χ0v) is 14.1. The summed E-state index contributed by atoms with van der Waals surface area (Å²) in [6.07, 6.45) is 3.10. The molecule has 1 N–H and O–H groups in total. The number of amides is 1. The van der Waals surface area contributed by atoms with E-state index in [1.165, 1.54) is 0 Å². The van der Waals surface area contributed by atoms with E-state index in [0.717, 1.165) is 24.0 Å². The molecular formula is C18H22N2O4. The van der Waals surface area contributed by atoms with Crippen LogP contribution in [0.4, 0.5) is 0 Å². The Kier molecular flexibility index (Phi) is 5.80. The number of nitriles is 1. The molecule has 1 amide bonds. The number of ether oxygens (including phenoxy) is 2. The molecule has 1 aliphatic carbocycles. The topological polar surface area (TPSA) is 88.4 Å². The van der Waals surface area contributed by atoms with E-state index in [2.05, 4.69) is 11.4 Å². The summed E-state index contributed by atoms with van der Waals surface area (Å²) >= 11 is 0. The van der Waals surface area contributed by atoms with Crippen molar-refractivity contribution in [3.8, 4) is 11.8 Å². The number of esters is 1. The molecule has 1 saturated carbocycles. The van der Waals surface area contributed by atoms with Gasteiger partial charge >= 0.3 is 5.97 Å². The molecule has 0 unspecified atom stereocenters. The average molecular weight is 330 g/mol. The summed E-state index contributed by atoms with van der Waals surface area (Å²) in [5, 5.41) is 11.9. The van der Waals surface area contributed by atoms with Crippen molar-refractivity contribution in [3.05, 3.63) is 29.3 Å². The number of nitrogens with zero attached hydrogens (tertiary/aromatic N) is 1. The van der Waals surface area contributed by atoms with Crippen LogP contribution >= 0.6 is 0 Å². The molecule has 6 nitrogen and oxygen atoms in total. The van der Waals surface area contributed by atoms with Gasteiger partial charge in [0.1, 0.15) is 11.3 Å². The molecule has 6 heteroatoms. The second kappa shape index (κ2) is 7.82. The first-order valence-corrected chi connectivity index (χ1v) is 8.03. The van der Waals surface area contributed by atoms with E-state index in [4.69, 9.17) is 9.47 Å². The summed E-state index contributed by atoms with van der Waals surface area (Å²) < 4.78 is 10.3. The van der Waals surface area contributed by atoms with Crippen LogP contribution in [0.3, 0.4) is 0 Å². The molecule has 24 heavy (non-hydrogen) atoms. The van der Waals surface area contributed by atoms with Gasteiger partial charge in [-0.05, 0) is 56.7 Å². The van der Waals surface area contributed by atoms with Crippen LogP contribution in [0.1, 0.15) is 36.8 Å². The number of aryl methyl sites for hydroxylation is 1. The van der Waals surface area contributed by atoms with E-state index in [0.29, 0.717) is 18.6 Å². The van der Waals surface area contributed by atoms with E-state index in [1.54, 1.807) is 6.07 Å². The molecule has 128 valence electrons. The maximum atomic E-state index is 11.9. The molecule has 0 atom stereocenters. The number of carbonyl (C=O) groups excluding carboxylic acids is 2. The zero-order valence-electron chi connectivity index (χ0n) is 14.1. The molecule has 1 aromatic carbocycles. The number of hydrogen-bond acceptors (Lipinski definition) is 5. The van der Waals surface area contributed by atoms with Crippen LogP contribution in [0.25, 0.3) is 0 Å². The van der Waals surface area contributed by atoms with Gasteiger partial charge in [-0.2, -0.15) is 5.26 Å². The summed E-state index contributed by atoms with van der Waals surface area (Å²) in [6.45, 7) is 3.20. The van der Waals surface area contributed by atoms with Gasteiger partial charge in [0.25, 0.3) is 5.91 Å². The average Bonchev–Trinajstić information content (AvgIpc) is 3.03. The number of hydrogen-bond donors (Lipinski definition) is 1. The van der Waals surface area contributed by atoms with Crippen molar-refractivity contribution < 1.29 is 19.1 Å². The Labute approximate surface area is 141 Å². The third-order valence-corrected chi connectivity index (χ3v) is 4.31. The van der Waals surface area contributed by atoms with Gasteiger partial charge in [0, 0.05) is 0 Å². The Balaban J connectivity index is 1.76. The van der Waals surface area contributed by atoms with Crippen molar-refractivity contribution in [1.82, 2.24) is 5.32 Å². The Morgan fingerprint density at radius 3 is 2.62 bits per heavy atom. The molecule has 0 radical (unpaired) electrons. The van der Waals surface area contributed by atoms with E-state index < -0.39 is 24.0 Å². The van der Waals surface area contributed by atoms with Crippen molar-refractivity contribution in [2.24, 2.45) is 0 Å². The first kappa shape index (κ1) is 17.8. The van der Waals surface area contributed by atoms with E-state index >= 15 is 0 Å². The van der Waals surface area contributed by atoms with Crippen molar-refractivity contribution in [3.63, 3.8) is 0 Å². The highest BCUT2D eigenvalue weighted by Crippen LogP contribution is 2.28. The molecule has 0 saturated heterocycles. The maximum Gasteiger partial charge on any atom is 0.344 e. The Bertz CT molecular complexity index is 657. The Morgan fingerprint density at radius 2 is 1.96 bits per heavy atom. The molecule has 0 spiro atoms. The molecule has 0 aromatic heterocycles. The molecular weight excluding hydrogens is 308 g/mol. The minimum absolute atomic E-state index is 0.263. The summed E-state index contributed by atoms with van der Waals surface area (Å²) in [5.74, 6) is -0.465. The highest BCUT2D eigenvalue weighted by molar-refractivity contribution is 5.81. The van der Waals surface area contributed by atoms with Crippen LogP contribution in [0.5, 0.6) is 5.75 Å². The van der Waals surface area contributed by atoms with Gasteiger partial charge in [-0.25, -0.2) is 4.79 Å². The molecule has 1 aromatic rings. The Hall–Kier alpha value is -2.55. The van der Waals surface area contributed by atoms with Crippen LogP contribution in [0.2, 0.25) is 0 Å². The second-order valence-electron chi connectivity index (χ2n) is 6.10. The summed E-state index contributed by atoms with van der Waals surface area (Å²) in [7, 11) is 0. The fourth-order valence-corrected chi connectivity index (χ4v) is 2.75. The van der Waals surface area contributed by atoms with Crippen LogP contribution < -0.4 is 10.1 Å². The summed E-state index contributed by atoms with van der Waals surface area (Å²) in [4.78, 5) is 23.6. The SMILES string of the molecule is Cc1cccc(OCC(=O)OCC(=O)NC2(C#N)CCCC2)c1C. The van der Waals surface area contributed by atoms with Crippen LogP contribution in [-0.2, 0) is 14.3 Å². The molecule has 2 rings (SSSR count). The monoisotopic (exact) mass is 330 g/mol. The van der Waals surface area contributed by atoms with Crippen molar-refractivity contribution in [2.75, 3.05) is 13.2 Å². The Morgan fingerprint density at radius 1 is 1.25 bits per heavy atom. The molecule has 1 fully saturated rings. The van der Waals surface area contributed by atoms with Gasteiger partial charge < -0.3 is 14.8 Å². The molecule has 1 aliphatic rings. The van der Waals surface area contributed by atoms with Gasteiger partial charge in [0.15, 0.2) is 13.2 Å². The fraction of sp³-hybridized carbons (Fsp3) is 0.500. The van der Waals surface area contributed by atoms with Gasteiger partial charge in [-0.15, -0.1) is 0 Å². The molecule has 0 heterocycles. The van der Waals surface area contributed by atoms with E-state index in [1.807, 2.05) is 26.0 Å². The van der Waals surface area contributed by atoms with E-state index in [-0.39, 0.29) is 6.61 Å². The first-order valence-electron chi connectivity index (χ1n) is 8.03. The van der Waals surface area contributed by atoms with Gasteiger partial charge in [0.2, 0.25) is 0 Å². The molecule has 0 aliphatic heterocycles. The largest absolute Gasteiger partial charge is 0.482 e. The van der Waals surface area contributed by atoms with Crippen molar-refractivity contribution in [1.29, 1.82) is 5.26 Å². The zero-order chi connectivity index (χ0) is 17.6. The smallest absolute Gasteiger partial charge is 0.344 e. The van der Waals surface area contributed by atoms with Gasteiger partial charge in [0.05, 0.1) is 6.07 Å². The maximum absolute atomic E-state index is 11.9. The lowest BCUT2D eigenvalue weighted by Gasteiger charge is -2.21. The van der Waals surface area contributed by atoms with Crippen LogP contribution in [0.15, 0.2) is 18.2 Å². The number of nitrogens with one attached hydrogen (secondary N) is 1. The summed E-state index contributed by atoms with van der Waals surface area (Å²) in [5.41, 5.74) is 1.22. The molecule has 0 bridgehead atoms.